The van der Waals surface area contributed by atoms with Crippen LogP contribution in [0.5, 0.6) is 0 Å². The Labute approximate surface area is 122 Å². The third-order valence-corrected chi connectivity index (χ3v) is 3.66. The Kier molecular flexibility index (Phi) is 3.72. The van der Waals surface area contributed by atoms with Crippen LogP contribution in [0.25, 0.3) is 10.9 Å². The number of rotatable bonds is 3. The third-order valence-electron chi connectivity index (χ3n) is 3.66. The second-order valence-corrected chi connectivity index (χ2v) is 5.08. The molecular formula is C15H18N4O2. The molecule has 0 spiro atoms. The van der Waals surface area contributed by atoms with Crippen molar-refractivity contribution < 1.29 is 9.84 Å². The van der Waals surface area contributed by atoms with Crippen molar-refractivity contribution in [2.75, 3.05) is 31.2 Å². The largest absolute Gasteiger partial charge is 0.394 e. The van der Waals surface area contributed by atoms with Gasteiger partial charge < -0.3 is 20.5 Å². The number of para-hydroxylation sites is 1. The number of fused-ring (bicyclic) bond motifs is 1. The smallest absolute Gasteiger partial charge is 0.130 e. The van der Waals surface area contributed by atoms with E-state index < -0.39 is 0 Å². The zero-order valence-corrected chi connectivity index (χ0v) is 11.6. The molecule has 2 heterocycles. The molecule has 1 fully saturated rings. The summed E-state index contributed by atoms with van der Waals surface area (Å²) in [5, 5.41) is 17.9. The first-order chi connectivity index (χ1) is 10.2. The van der Waals surface area contributed by atoms with E-state index in [-0.39, 0.29) is 18.5 Å². The van der Waals surface area contributed by atoms with Gasteiger partial charge in [-0.25, -0.2) is 4.98 Å². The Morgan fingerprint density at radius 1 is 1.48 bits per heavy atom. The van der Waals surface area contributed by atoms with E-state index in [9.17, 15) is 5.11 Å². The van der Waals surface area contributed by atoms with Crippen LogP contribution in [-0.2, 0) is 4.74 Å². The van der Waals surface area contributed by atoms with Gasteiger partial charge in [-0.3, -0.25) is 5.41 Å². The topological polar surface area (TPSA) is 95.5 Å². The molecule has 6 heteroatoms. The van der Waals surface area contributed by atoms with Gasteiger partial charge in [0.05, 0.1) is 24.8 Å². The number of benzene rings is 1. The Hall–Kier alpha value is -2.18. The minimum absolute atomic E-state index is 0.0103. The molecule has 3 rings (SSSR count). The van der Waals surface area contributed by atoms with Gasteiger partial charge in [0.15, 0.2) is 0 Å². The fourth-order valence-corrected chi connectivity index (χ4v) is 2.58. The Bertz CT molecular complexity index is 674. The average Bonchev–Trinajstić information content (AvgIpc) is 2.53. The summed E-state index contributed by atoms with van der Waals surface area (Å²) in [7, 11) is 0. The molecule has 1 unspecified atom stereocenters. The third kappa shape index (κ3) is 2.68. The highest BCUT2D eigenvalue weighted by Gasteiger charge is 2.22. The van der Waals surface area contributed by atoms with Gasteiger partial charge in [0.2, 0.25) is 0 Å². The van der Waals surface area contributed by atoms with E-state index in [4.69, 9.17) is 15.9 Å². The van der Waals surface area contributed by atoms with E-state index in [1.165, 1.54) is 0 Å². The van der Waals surface area contributed by atoms with Crippen LogP contribution in [-0.4, -0.2) is 48.3 Å². The summed E-state index contributed by atoms with van der Waals surface area (Å²) in [5.74, 6) is 0.794. The highest BCUT2D eigenvalue weighted by atomic mass is 16.5. The number of hydrogen-bond acceptors (Lipinski definition) is 5. The van der Waals surface area contributed by atoms with Crippen LogP contribution in [0.4, 0.5) is 5.82 Å². The molecule has 6 nitrogen and oxygen atoms in total. The number of pyridine rings is 1. The van der Waals surface area contributed by atoms with E-state index >= 15 is 0 Å². The summed E-state index contributed by atoms with van der Waals surface area (Å²) >= 11 is 0. The van der Waals surface area contributed by atoms with Crippen LogP contribution in [0.1, 0.15) is 5.56 Å². The second-order valence-electron chi connectivity index (χ2n) is 5.08. The lowest BCUT2D eigenvalue weighted by Crippen LogP contribution is -2.44. The molecule has 2 aromatic rings. The van der Waals surface area contributed by atoms with Gasteiger partial charge in [-0.1, -0.05) is 18.2 Å². The molecule has 0 saturated carbocycles. The monoisotopic (exact) mass is 286 g/mol. The van der Waals surface area contributed by atoms with Gasteiger partial charge in [-0.15, -0.1) is 0 Å². The molecule has 1 saturated heterocycles. The summed E-state index contributed by atoms with van der Waals surface area (Å²) in [6.45, 7) is 1.83. The molecule has 0 radical (unpaired) electrons. The Morgan fingerprint density at radius 2 is 2.29 bits per heavy atom. The van der Waals surface area contributed by atoms with Crippen molar-refractivity contribution in [2.24, 2.45) is 5.73 Å². The summed E-state index contributed by atoms with van der Waals surface area (Å²) in [4.78, 5) is 6.71. The molecule has 1 aliphatic rings. The van der Waals surface area contributed by atoms with Crippen molar-refractivity contribution in [1.82, 2.24) is 4.98 Å². The van der Waals surface area contributed by atoms with Crippen LogP contribution < -0.4 is 10.6 Å². The number of anilines is 1. The number of hydrogen-bond donors (Lipinski definition) is 3. The highest BCUT2D eigenvalue weighted by molar-refractivity contribution is 6.07. The van der Waals surface area contributed by atoms with Crippen LogP contribution in [0.2, 0.25) is 0 Å². The van der Waals surface area contributed by atoms with Crippen molar-refractivity contribution in [3.05, 3.63) is 35.9 Å². The minimum Gasteiger partial charge on any atom is -0.394 e. The first kappa shape index (κ1) is 13.8. The number of nitrogens with zero attached hydrogens (tertiary/aromatic N) is 2. The molecule has 1 aliphatic heterocycles. The zero-order chi connectivity index (χ0) is 14.8. The number of morpholine rings is 1. The average molecular weight is 286 g/mol. The van der Waals surface area contributed by atoms with Crippen molar-refractivity contribution in [3.63, 3.8) is 0 Å². The van der Waals surface area contributed by atoms with Crippen LogP contribution in [0, 0.1) is 5.41 Å². The Morgan fingerprint density at radius 3 is 3.05 bits per heavy atom. The number of nitrogen functional groups attached to an aromatic ring is 1. The quantitative estimate of drug-likeness (QED) is 0.570. The Balaban J connectivity index is 2.04. The molecule has 1 aromatic carbocycles. The molecule has 0 amide bonds. The summed E-state index contributed by atoms with van der Waals surface area (Å²) < 4.78 is 5.46. The standard InChI is InChI=1S/C15H18N4O2/c16-15(17)12-7-14(18-13-4-2-1-3-11(12)13)19-5-6-21-10(8-19)9-20/h1-4,7,10,20H,5-6,8-9H2,(H3,16,17). The number of nitrogens with one attached hydrogen (secondary N) is 1. The van der Waals surface area contributed by atoms with Crippen molar-refractivity contribution >= 4 is 22.6 Å². The van der Waals surface area contributed by atoms with Crippen LogP contribution >= 0.6 is 0 Å². The van der Waals surface area contributed by atoms with Crippen molar-refractivity contribution in [2.45, 2.75) is 6.10 Å². The number of amidine groups is 1. The molecule has 0 aliphatic carbocycles. The molecule has 0 bridgehead atoms. The first-order valence-electron chi connectivity index (χ1n) is 6.90. The molecule has 110 valence electrons. The fourth-order valence-electron chi connectivity index (χ4n) is 2.58. The lowest BCUT2D eigenvalue weighted by atomic mass is 10.1. The van der Waals surface area contributed by atoms with Crippen molar-refractivity contribution in [1.29, 1.82) is 5.41 Å². The van der Waals surface area contributed by atoms with Gasteiger partial charge in [-0.2, -0.15) is 0 Å². The maximum Gasteiger partial charge on any atom is 0.130 e. The summed E-state index contributed by atoms with van der Waals surface area (Å²) in [5.41, 5.74) is 7.20. The zero-order valence-electron chi connectivity index (χ0n) is 11.6. The number of aromatic nitrogens is 1. The number of aliphatic hydroxyl groups excluding tert-OH is 1. The highest BCUT2D eigenvalue weighted by Crippen LogP contribution is 2.24. The molecule has 1 atom stereocenters. The molecule has 4 N–H and O–H groups in total. The first-order valence-corrected chi connectivity index (χ1v) is 6.90. The SMILES string of the molecule is N=C(N)c1cc(N2CCOC(CO)C2)nc2ccccc12. The molecule has 1 aromatic heterocycles. The summed E-state index contributed by atoms with van der Waals surface area (Å²) in [6.07, 6.45) is -0.201. The maximum absolute atomic E-state index is 9.24. The van der Waals surface area contributed by atoms with E-state index in [0.29, 0.717) is 25.3 Å². The fraction of sp³-hybridized carbons (Fsp3) is 0.333. The van der Waals surface area contributed by atoms with Crippen LogP contribution in [0.3, 0.4) is 0 Å². The van der Waals surface area contributed by atoms with Gasteiger partial charge in [0, 0.05) is 24.0 Å². The number of nitrogens with two attached hydrogens (primary N) is 1. The predicted molar refractivity (Wildman–Crippen MR) is 81.8 cm³/mol. The second kappa shape index (κ2) is 5.67. The number of aliphatic hydroxyl groups is 1. The van der Waals surface area contributed by atoms with E-state index in [2.05, 4.69) is 9.88 Å². The number of ether oxygens (including phenoxy) is 1. The lowest BCUT2D eigenvalue weighted by Gasteiger charge is -2.33. The predicted octanol–water partition coefficient (Wildman–Crippen LogP) is 0.716. The van der Waals surface area contributed by atoms with Gasteiger partial charge in [0.25, 0.3) is 0 Å². The normalized spacial score (nSPS) is 18.9. The summed E-state index contributed by atoms with van der Waals surface area (Å²) in [6, 6.07) is 9.49. The van der Waals surface area contributed by atoms with Crippen LogP contribution in [0.15, 0.2) is 30.3 Å². The van der Waals surface area contributed by atoms with Crippen molar-refractivity contribution in [3.8, 4) is 0 Å². The van der Waals surface area contributed by atoms with Gasteiger partial charge in [-0.05, 0) is 12.1 Å². The lowest BCUT2D eigenvalue weighted by molar-refractivity contribution is 0.00338. The van der Waals surface area contributed by atoms with E-state index in [1.54, 1.807) is 0 Å². The molecule has 21 heavy (non-hydrogen) atoms. The van der Waals surface area contributed by atoms with Gasteiger partial charge >= 0.3 is 0 Å². The van der Waals surface area contributed by atoms with E-state index in [1.807, 2.05) is 30.3 Å². The van der Waals surface area contributed by atoms with Gasteiger partial charge in [0.1, 0.15) is 11.7 Å². The molecular weight excluding hydrogens is 268 g/mol. The minimum atomic E-state index is -0.201. The van der Waals surface area contributed by atoms with E-state index in [0.717, 1.165) is 16.7 Å². The maximum atomic E-state index is 9.24.